The number of aromatic nitrogens is 2. The molecule has 2 rings (SSSR count). The first-order valence-corrected chi connectivity index (χ1v) is 5.38. The van der Waals surface area contributed by atoms with Crippen molar-refractivity contribution in [3.8, 4) is 0 Å². The minimum Gasteiger partial charge on any atom is -0.366 e. The van der Waals surface area contributed by atoms with E-state index in [2.05, 4.69) is 15.5 Å². The van der Waals surface area contributed by atoms with Crippen molar-refractivity contribution < 1.29 is 14.5 Å². The van der Waals surface area contributed by atoms with Crippen molar-refractivity contribution in [1.29, 1.82) is 0 Å². The molecule has 0 unspecified atom stereocenters. The lowest BCUT2D eigenvalue weighted by atomic mass is 10.2. The molecule has 1 aromatic heterocycles. The fraction of sp³-hybridized carbons (Fsp3) is 0. The Kier molecular flexibility index (Phi) is 3.42. The first-order valence-electron chi connectivity index (χ1n) is 5.38. The first-order chi connectivity index (χ1) is 9.49. The summed E-state index contributed by atoms with van der Waals surface area (Å²) in [5, 5.41) is 18.8. The Balaban J connectivity index is 2.17. The molecule has 9 nitrogen and oxygen atoms in total. The van der Waals surface area contributed by atoms with Crippen molar-refractivity contribution >= 4 is 23.2 Å². The maximum atomic E-state index is 11.8. The number of anilines is 1. The first kappa shape index (κ1) is 13.2. The van der Waals surface area contributed by atoms with Crippen molar-refractivity contribution in [2.24, 2.45) is 5.73 Å². The summed E-state index contributed by atoms with van der Waals surface area (Å²) in [7, 11) is 0. The highest BCUT2D eigenvalue weighted by Gasteiger charge is 2.22. The van der Waals surface area contributed by atoms with Crippen molar-refractivity contribution in [2.45, 2.75) is 0 Å². The van der Waals surface area contributed by atoms with Gasteiger partial charge in [-0.05, 0) is 24.3 Å². The van der Waals surface area contributed by atoms with Crippen molar-refractivity contribution in [1.82, 2.24) is 10.2 Å². The SMILES string of the molecule is NC(=O)c1ccc(NC(=O)c2[nH]ncc2[N+](=O)[O-])cc1. The van der Waals surface area contributed by atoms with Crippen molar-refractivity contribution in [3.63, 3.8) is 0 Å². The van der Waals surface area contributed by atoms with E-state index in [1.807, 2.05) is 0 Å². The van der Waals surface area contributed by atoms with Gasteiger partial charge < -0.3 is 11.1 Å². The molecule has 1 aromatic carbocycles. The van der Waals surface area contributed by atoms with E-state index in [9.17, 15) is 19.7 Å². The number of nitrogens with zero attached hydrogens (tertiary/aromatic N) is 2. The summed E-state index contributed by atoms with van der Waals surface area (Å²) in [6, 6.07) is 5.78. The average molecular weight is 275 g/mol. The molecule has 2 aromatic rings. The van der Waals surface area contributed by atoms with E-state index in [4.69, 9.17) is 5.73 Å². The number of nitro groups is 1. The standard InChI is InChI=1S/C11H9N5O4/c12-10(17)6-1-3-7(4-2-6)14-11(18)9-8(16(19)20)5-13-15-9/h1-5H,(H2,12,17)(H,13,15)(H,14,18). The number of H-pyrrole nitrogens is 1. The van der Waals surface area contributed by atoms with Crippen LogP contribution >= 0.6 is 0 Å². The molecule has 0 saturated carbocycles. The highest BCUT2D eigenvalue weighted by Crippen LogP contribution is 2.17. The minimum absolute atomic E-state index is 0.256. The largest absolute Gasteiger partial charge is 0.366 e. The number of nitrogens with two attached hydrogens (primary N) is 1. The van der Waals surface area contributed by atoms with Crippen LogP contribution in [0.25, 0.3) is 0 Å². The molecule has 2 amide bonds. The van der Waals surface area contributed by atoms with E-state index in [0.29, 0.717) is 5.69 Å². The van der Waals surface area contributed by atoms with Gasteiger partial charge in [-0.2, -0.15) is 5.10 Å². The molecular formula is C11H9N5O4. The summed E-state index contributed by atoms with van der Waals surface area (Å²) in [4.78, 5) is 32.7. The highest BCUT2D eigenvalue weighted by atomic mass is 16.6. The molecule has 102 valence electrons. The zero-order valence-corrected chi connectivity index (χ0v) is 9.99. The van der Waals surface area contributed by atoms with Crippen molar-refractivity contribution in [3.05, 3.63) is 51.8 Å². The Morgan fingerprint density at radius 2 is 1.95 bits per heavy atom. The zero-order valence-electron chi connectivity index (χ0n) is 9.99. The minimum atomic E-state index is -0.714. The molecule has 4 N–H and O–H groups in total. The second kappa shape index (κ2) is 5.18. The summed E-state index contributed by atoms with van der Waals surface area (Å²) in [6.07, 6.45) is 0.950. The van der Waals surface area contributed by atoms with Crippen LogP contribution in [0.15, 0.2) is 30.5 Å². The lowest BCUT2D eigenvalue weighted by Crippen LogP contribution is -2.15. The van der Waals surface area contributed by atoms with Crippen molar-refractivity contribution in [2.75, 3.05) is 5.32 Å². The summed E-state index contributed by atoms with van der Waals surface area (Å²) in [5.74, 6) is -1.30. The van der Waals surface area contributed by atoms with Crippen LogP contribution in [-0.2, 0) is 0 Å². The molecule has 0 fully saturated rings. The zero-order chi connectivity index (χ0) is 14.7. The van der Waals surface area contributed by atoms with E-state index in [0.717, 1.165) is 6.20 Å². The quantitative estimate of drug-likeness (QED) is 0.554. The molecule has 0 radical (unpaired) electrons. The maximum absolute atomic E-state index is 11.8. The second-order valence-electron chi connectivity index (χ2n) is 3.78. The number of benzene rings is 1. The van der Waals surface area contributed by atoms with Gasteiger partial charge in [0.05, 0.1) is 4.92 Å². The van der Waals surface area contributed by atoms with Crippen LogP contribution in [0, 0.1) is 10.1 Å². The summed E-state index contributed by atoms with van der Waals surface area (Å²) in [5.41, 5.74) is 5.06. The van der Waals surface area contributed by atoms with Gasteiger partial charge in [0.1, 0.15) is 6.20 Å². The number of hydrogen-bond donors (Lipinski definition) is 3. The molecule has 1 heterocycles. The van der Waals surface area contributed by atoms with Gasteiger partial charge in [-0.3, -0.25) is 24.8 Å². The molecule has 9 heteroatoms. The summed E-state index contributed by atoms with van der Waals surface area (Å²) < 4.78 is 0. The van der Waals surface area contributed by atoms with Crippen LogP contribution in [0.4, 0.5) is 11.4 Å². The third-order valence-corrected chi connectivity index (χ3v) is 2.47. The number of hydrogen-bond acceptors (Lipinski definition) is 5. The summed E-state index contributed by atoms with van der Waals surface area (Å²) >= 11 is 0. The monoisotopic (exact) mass is 275 g/mol. The lowest BCUT2D eigenvalue weighted by Gasteiger charge is -2.03. The van der Waals surface area contributed by atoms with Gasteiger partial charge in [-0.1, -0.05) is 0 Å². The van der Waals surface area contributed by atoms with E-state index < -0.39 is 22.4 Å². The molecular weight excluding hydrogens is 266 g/mol. The highest BCUT2D eigenvalue weighted by molar-refractivity contribution is 6.05. The maximum Gasteiger partial charge on any atom is 0.319 e. The van der Waals surface area contributed by atoms with Crippen LogP contribution < -0.4 is 11.1 Å². The summed E-state index contributed by atoms with van der Waals surface area (Å²) in [6.45, 7) is 0. The molecule has 0 bridgehead atoms. The second-order valence-corrected chi connectivity index (χ2v) is 3.78. The Morgan fingerprint density at radius 1 is 1.30 bits per heavy atom. The van der Waals surface area contributed by atoms with Gasteiger partial charge >= 0.3 is 5.69 Å². The van der Waals surface area contributed by atoms with E-state index in [1.165, 1.54) is 24.3 Å². The topological polar surface area (TPSA) is 144 Å². The number of nitrogens with one attached hydrogen (secondary N) is 2. The van der Waals surface area contributed by atoms with Gasteiger partial charge in [-0.15, -0.1) is 0 Å². The smallest absolute Gasteiger partial charge is 0.319 e. The molecule has 0 aliphatic rings. The number of primary amides is 1. The molecule has 0 aliphatic carbocycles. The number of carbonyl (C=O) groups excluding carboxylic acids is 2. The molecule has 0 atom stereocenters. The molecule has 20 heavy (non-hydrogen) atoms. The Labute approximate surface area is 111 Å². The lowest BCUT2D eigenvalue weighted by molar-refractivity contribution is -0.385. The van der Waals surface area contributed by atoms with E-state index in [-0.39, 0.29) is 11.3 Å². The van der Waals surface area contributed by atoms with Gasteiger partial charge in [-0.25, -0.2) is 0 Å². The van der Waals surface area contributed by atoms with Crippen LogP contribution in [0.1, 0.15) is 20.8 Å². The Bertz CT molecular complexity index is 676. The predicted molar refractivity (Wildman–Crippen MR) is 68.2 cm³/mol. The van der Waals surface area contributed by atoms with E-state index in [1.54, 1.807) is 0 Å². The fourth-order valence-corrected chi connectivity index (χ4v) is 1.50. The van der Waals surface area contributed by atoms with E-state index >= 15 is 0 Å². The third kappa shape index (κ3) is 2.61. The van der Waals surface area contributed by atoms with Gasteiger partial charge in [0.15, 0.2) is 0 Å². The van der Waals surface area contributed by atoms with Gasteiger partial charge in [0.2, 0.25) is 11.6 Å². The third-order valence-electron chi connectivity index (χ3n) is 2.47. The normalized spacial score (nSPS) is 10.0. The van der Waals surface area contributed by atoms with Crippen LogP contribution in [0.3, 0.4) is 0 Å². The number of carbonyl (C=O) groups is 2. The predicted octanol–water partition coefficient (Wildman–Crippen LogP) is 0.669. The van der Waals surface area contributed by atoms with Crippen LogP contribution in [-0.4, -0.2) is 26.9 Å². The number of amides is 2. The average Bonchev–Trinajstić information content (AvgIpc) is 2.88. The van der Waals surface area contributed by atoms with Gasteiger partial charge in [0, 0.05) is 11.3 Å². The van der Waals surface area contributed by atoms with Crippen LogP contribution in [0.5, 0.6) is 0 Å². The number of rotatable bonds is 4. The molecule has 0 spiro atoms. The van der Waals surface area contributed by atoms with Crippen LogP contribution in [0.2, 0.25) is 0 Å². The molecule has 0 aliphatic heterocycles. The fourth-order valence-electron chi connectivity index (χ4n) is 1.50. The Hall–Kier alpha value is -3.23. The molecule has 0 saturated heterocycles. The Morgan fingerprint density at radius 3 is 2.50 bits per heavy atom. The number of aromatic amines is 1. The van der Waals surface area contributed by atoms with Gasteiger partial charge in [0.25, 0.3) is 5.91 Å².